The summed E-state index contributed by atoms with van der Waals surface area (Å²) in [5, 5.41) is 6.78. The van der Waals surface area contributed by atoms with Gasteiger partial charge in [0.1, 0.15) is 0 Å². The summed E-state index contributed by atoms with van der Waals surface area (Å²) in [6.45, 7) is 0.345. The molecule has 1 aromatic carbocycles. The summed E-state index contributed by atoms with van der Waals surface area (Å²) in [7, 11) is 0. The van der Waals surface area contributed by atoms with Crippen LogP contribution < -0.4 is 10.6 Å². The fraction of sp³-hybridized carbons (Fsp3) is 0.0556. The highest BCUT2D eigenvalue weighted by Crippen LogP contribution is 2.31. The average Bonchev–Trinajstić information content (AvgIpc) is 2.64. The van der Waals surface area contributed by atoms with Crippen LogP contribution in [-0.2, 0) is 6.54 Å². The molecule has 126 valence electrons. The summed E-state index contributed by atoms with van der Waals surface area (Å²) in [6.07, 6.45) is 4.79. The van der Waals surface area contributed by atoms with E-state index < -0.39 is 0 Å². The Morgan fingerprint density at radius 1 is 1.08 bits per heavy atom. The molecule has 0 spiro atoms. The number of hydrogen-bond donors (Lipinski definition) is 2. The van der Waals surface area contributed by atoms with Crippen LogP contribution in [0.1, 0.15) is 16.1 Å². The lowest BCUT2D eigenvalue weighted by Gasteiger charge is -2.10. The van der Waals surface area contributed by atoms with Gasteiger partial charge in [0.05, 0.1) is 45.4 Å². The number of hydrogen-bond acceptors (Lipinski definition) is 4. The molecule has 0 atom stereocenters. The molecule has 0 saturated heterocycles. The lowest BCUT2D eigenvalue weighted by Crippen LogP contribution is -2.23. The van der Waals surface area contributed by atoms with E-state index in [1.807, 2.05) is 18.2 Å². The molecule has 0 aliphatic rings. The molecule has 5 nitrogen and oxygen atoms in total. The SMILES string of the molecule is O=C(NCc1ccccn1)c1cncc(Nc2cccc(Cl)c2Cl)c1. The van der Waals surface area contributed by atoms with Crippen LogP contribution in [-0.4, -0.2) is 15.9 Å². The van der Waals surface area contributed by atoms with Gasteiger partial charge < -0.3 is 10.6 Å². The molecule has 0 fully saturated rings. The Labute approximate surface area is 155 Å². The fourth-order valence-electron chi connectivity index (χ4n) is 2.16. The molecule has 0 aliphatic heterocycles. The van der Waals surface area contributed by atoms with Gasteiger partial charge in [-0.1, -0.05) is 35.3 Å². The van der Waals surface area contributed by atoms with Crippen LogP contribution >= 0.6 is 23.2 Å². The van der Waals surface area contributed by atoms with Gasteiger partial charge in [-0.25, -0.2) is 0 Å². The van der Waals surface area contributed by atoms with Gasteiger partial charge in [-0.05, 0) is 30.3 Å². The van der Waals surface area contributed by atoms with Gasteiger partial charge in [0.2, 0.25) is 0 Å². The maximum Gasteiger partial charge on any atom is 0.253 e. The van der Waals surface area contributed by atoms with Crippen molar-refractivity contribution in [1.82, 2.24) is 15.3 Å². The number of nitrogens with one attached hydrogen (secondary N) is 2. The Kier molecular flexibility index (Phi) is 5.48. The highest BCUT2D eigenvalue weighted by molar-refractivity contribution is 6.43. The molecule has 0 saturated carbocycles. The third-order valence-corrected chi connectivity index (χ3v) is 4.21. The van der Waals surface area contributed by atoms with Gasteiger partial charge >= 0.3 is 0 Å². The number of pyridine rings is 2. The third-order valence-electron chi connectivity index (χ3n) is 3.39. The lowest BCUT2D eigenvalue weighted by atomic mass is 10.2. The monoisotopic (exact) mass is 372 g/mol. The number of carbonyl (C=O) groups is 1. The molecule has 0 bridgehead atoms. The molecule has 2 N–H and O–H groups in total. The Balaban J connectivity index is 1.70. The molecule has 2 aromatic heterocycles. The van der Waals surface area contributed by atoms with Gasteiger partial charge in [-0.3, -0.25) is 14.8 Å². The predicted molar refractivity (Wildman–Crippen MR) is 99.4 cm³/mol. The van der Waals surface area contributed by atoms with Crippen molar-refractivity contribution in [2.24, 2.45) is 0 Å². The number of rotatable bonds is 5. The maximum absolute atomic E-state index is 12.3. The molecule has 0 aliphatic carbocycles. The second kappa shape index (κ2) is 7.96. The normalized spacial score (nSPS) is 10.3. The zero-order valence-electron chi connectivity index (χ0n) is 13.0. The van der Waals surface area contributed by atoms with Crippen molar-refractivity contribution >= 4 is 40.5 Å². The summed E-state index contributed by atoms with van der Waals surface area (Å²) < 4.78 is 0. The number of benzene rings is 1. The molecule has 0 unspecified atom stereocenters. The molecule has 1 amide bonds. The van der Waals surface area contributed by atoms with Crippen molar-refractivity contribution in [2.45, 2.75) is 6.54 Å². The topological polar surface area (TPSA) is 66.9 Å². The Morgan fingerprint density at radius 2 is 1.96 bits per heavy atom. The lowest BCUT2D eigenvalue weighted by molar-refractivity contribution is 0.0950. The molecular weight excluding hydrogens is 359 g/mol. The first-order chi connectivity index (χ1) is 12.1. The van der Waals surface area contributed by atoms with E-state index in [9.17, 15) is 4.79 Å². The van der Waals surface area contributed by atoms with Crippen molar-refractivity contribution in [3.8, 4) is 0 Å². The zero-order chi connectivity index (χ0) is 17.6. The Hall–Kier alpha value is -2.63. The van der Waals surface area contributed by atoms with Crippen LogP contribution in [0, 0.1) is 0 Å². The average molecular weight is 373 g/mol. The van der Waals surface area contributed by atoms with E-state index in [2.05, 4.69) is 20.6 Å². The predicted octanol–water partition coefficient (Wildman–Crippen LogP) is 4.46. The minimum absolute atomic E-state index is 0.237. The molecule has 3 aromatic rings. The first kappa shape index (κ1) is 17.2. The molecule has 0 radical (unpaired) electrons. The van der Waals surface area contributed by atoms with Crippen LogP contribution in [0.25, 0.3) is 0 Å². The summed E-state index contributed by atoms with van der Waals surface area (Å²) in [6, 6.07) is 12.5. The number of nitrogens with zero attached hydrogens (tertiary/aromatic N) is 2. The van der Waals surface area contributed by atoms with Crippen molar-refractivity contribution < 1.29 is 4.79 Å². The fourth-order valence-corrected chi connectivity index (χ4v) is 2.51. The Bertz CT molecular complexity index is 887. The quantitative estimate of drug-likeness (QED) is 0.693. The van der Waals surface area contributed by atoms with Crippen LogP contribution in [0.3, 0.4) is 0 Å². The summed E-state index contributed by atoms with van der Waals surface area (Å²) >= 11 is 12.2. The summed E-state index contributed by atoms with van der Waals surface area (Å²) in [5.41, 5.74) is 2.49. The van der Waals surface area contributed by atoms with Crippen molar-refractivity contribution in [2.75, 3.05) is 5.32 Å². The van der Waals surface area contributed by atoms with E-state index in [0.717, 1.165) is 5.69 Å². The van der Waals surface area contributed by atoms with Crippen molar-refractivity contribution in [3.05, 3.63) is 82.4 Å². The summed E-state index contributed by atoms with van der Waals surface area (Å²) in [5.74, 6) is -0.237. The van der Waals surface area contributed by atoms with E-state index in [1.54, 1.807) is 36.7 Å². The number of aromatic nitrogens is 2. The zero-order valence-corrected chi connectivity index (χ0v) is 14.6. The van der Waals surface area contributed by atoms with Gasteiger partial charge in [-0.15, -0.1) is 0 Å². The van der Waals surface area contributed by atoms with Crippen molar-refractivity contribution in [1.29, 1.82) is 0 Å². The van der Waals surface area contributed by atoms with Gasteiger partial charge in [0.15, 0.2) is 0 Å². The van der Waals surface area contributed by atoms with E-state index in [0.29, 0.717) is 33.5 Å². The minimum atomic E-state index is -0.237. The Morgan fingerprint density at radius 3 is 2.76 bits per heavy atom. The first-order valence-corrected chi connectivity index (χ1v) is 8.23. The van der Waals surface area contributed by atoms with E-state index >= 15 is 0 Å². The maximum atomic E-state index is 12.3. The minimum Gasteiger partial charge on any atom is -0.353 e. The van der Waals surface area contributed by atoms with Gasteiger partial charge in [0.25, 0.3) is 5.91 Å². The number of anilines is 2. The standard InChI is InChI=1S/C18H14Cl2N4O/c19-15-5-3-6-16(17(15)20)24-14-8-12(9-21-10-14)18(25)23-11-13-4-1-2-7-22-13/h1-10,24H,11H2,(H,23,25). The second-order valence-electron chi connectivity index (χ2n) is 5.19. The molecule has 25 heavy (non-hydrogen) atoms. The van der Waals surface area contributed by atoms with Gasteiger partial charge in [-0.2, -0.15) is 0 Å². The third kappa shape index (κ3) is 4.47. The van der Waals surface area contributed by atoms with Crippen LogP contribution in [0.5, 0.6) is 0 Å². The van der Waals surface area contributed by atoms with Crippen LogP contribution in [0.2, 0.25) is 10.0 Å². The smallest absolute Gasteiger partial charge is 0.253 e. The molecule has 7 heteroatoms. The highest BCUT2D eigenvalue weighted by atomic mass is 35.5. The van der Waals surface area contributed by atoms with Crippen LogP contribution in [0.4, 0.5) is 11.4 Å². The number of carbonyl (C=O) groups excluding carboxylic acids is 1. The first-order valence-electron chi connectivity index (χ1n) is 7.47. The number of halogens is 2. The van der Waals surface area contributed by atoms with Crippen molar-refractivity contribution in [3.63, 3.8) is 0 Å². The highest BCUT2D eigenvalue weighted by Gasteiger charge is 2.09. The molecule has 3 rings (SSSR count). The summed E-state index contributed by atoms with van der Waals surface area (Å²) in [4.78, 5) is 20.5. The van der Waals surface area contributed by atoms with E-state index in [4.69, 9.17) is 23.2 Å². The molecular formula is C18H14Cl2N4O. The van der Waals surface area contributed by atoms with E-state index in [1.165, 1.54) is 6.20 Å². The van der Waals surface area contributed by atoms with Crippen LogP contribution in [0.15, 0.2) is 61.1 Å². The largest absolute Gasteiger partial charge is 0.353 e. The van der Waals surface area contributed by atoms with Gasteiger partial charge in [0, 0.05) is 12.4 Å². The second-order valence-corrected chi connectivity index (χ2v) is 5.98. The number of amides is 1. The van der Waals surface area contributed by atoms with E-state index in [-0.39, 0.29) is 5.91 Å². The molecule has 2 heterocycles.